The summed E-state index contributed by atoms with van der Waals surface area (Å²) in [5, 5.41) is 0. The topological polar surface area (TPSA) is 60.6 Å². The molecule has 1 saturated heterocycles. The van der Waals surface area contributed by atoms with Crippen molar-refractivity contribution in [1.29, 1.82) is 0 Å². The molecule has 2 rings (SSSR count). The molecule has 0 saturated carbocycles. The molecule has 1 aliphatic rings. The molecule has 1 unspecified atom stereocenters. The van der Waals surface area contributed by atoms with Crippen LogP contribution in [0.2, 0.25) is 0 Å². The zero-order chi connectivity index (χ0) is 14.4. The van der Waals surface area contributed by atoms with E-state index in [2.05, 4.69) is 16.8 Å². The summed E-state index contributed by atoms with van der Waals surface area (Å²) >= 11 is 0. The smallest absolute Gasteiger partial charge is 0.140 e. The van der Waals surface area contributed by atoms with Crippen LogP contribution in [0.25, 0.3) is 0 Å². The van der Waals surface area contributed by atoms with Crippen LogP contribution in [0.4, 0.5) is 0 Å². The van der Waals surface area contributed by atoms with Gasteiger partial charge >= 0.3 is 0 Å². The summed E-state index contributed by atoms with van der Waals surface area (Å²) in [6, 6.07) is 3.95. The lowest BCUT2D eigenvalue weighted by atomic mass is 10.2. The van der Waals surface area contributed by atoms with Gasteiger partial charge in [0.2, 0.25) is 0 Å². The number of hydrogen-bond acceptors (Lipinski definition) is 5. The van der Waals surface area contributed by atoms with Gasteiger partial charge in [-0.25, -0.2) is 0 Å². The van der Waals surface area contributed by atoms with Crippen molar-refractivity contribution in [3.05, 3.63) is 23.5 Å². The third-order valence-corrected chi connectivity index (χ3v) is 3.55. The van der Waals surface area contributed by atoms with E-state index in [9.17, 15) is 0 Å². The fraction of sp³-hybridized carbons (Fsp3) is 0.667. The standard InChI is InChI=1S/C15H25N3O2/c1-3-18-8-9-19-13(10-18)11-20-15-5-4-12(2)17-14(15)6-7-16/h4-5,13H,3,6-11,16H2,1-2H3. The molecular weight excluding hydrogens is 254 g/mol. The van der Waals surface area contributed by atoms with Crippen LogP contribution in [0.15, 0.2) is 12.1 Å². The van der Waals surface area contributed by atoms with Gasteiger partial charge < -0.3 is 15.2 Å². The summed E-state index contributed by atoms with van der Waals surface area (Å²) in [4.78, 5) is 6.88. The quantitative estimate of drug-likeness (QED) is 0.841. The fourth-order valence-electron chi connectivity index (χ4n) is 2.40. The Morgan fingerprint density at radius 3 is 3.10 bits per heavy atom. The highest BCUT2D eigenvalue weighted by Gasteiger charge is 2.20. The molecule has 20 heavy (non-hydrogen) atoms. The molecule has 0 bridgehead atoms. The summed E-state index contributed by atoms with van der Waals surface area (Å²) in [7, 11) is 0. The van der Waals surface area contributed by atoms with Gasteiger partial charge in [-0.05, 0) is 32.1 Å². The Morgan fingerprint density at radius 1 is 1.50 bits per heavy atom. The first kappa shape index (κ1) is 15.2. The molecule has 1 aromatic rings. The number of likely N-dealkylation sites (N-methyl/N-ethyl adjacent to an activating group) is 1. The van der Waals surface area contributed by atoms with E-state index in [0.29, 0.717) is 13.2 Å². The molecule has 0 amide bonds. The molecule has 1 aliphatic heterocycles. The lowest BCUT2D eigenvalue weighted by molar-refractivity contribution is -0.0465. The van der Waals surface area contributed by atoms with Crippen molar-refractivity contribution in [2.24, 2.45) is 5.73 Å². The summed E-state index contributed by atoms with van der Waals surface area (Å²) in [6.07, 6.45) is 0.875. The fourth-order valence-corrected chi connectivity index (χ4v) is 2.40. The Labute approximate surface area is 121 Å². The Morgan fingerprint density at radius 2 is 2.35 bits per heavy atom. The Balaban J connectivity index is 1.93. The highest BCUT2D eigenvalue weighted by atomic mass is 16.5. The van der Waals surface area contributed by atoms with Gasteiger partial charge in [0, 0.05) is 25.2 Å². The zero-order valence-electron chi connectivity index (χ0n) is 12.5. The second kappa shape index (κ2) is 7.57. The van der Waals surface area contributed by atoms with E-state index in [1.165, 1.54) is 0 Å². The largest absolute Gasteiger partial charge is 0.489 e. The molecule has 0 radical (unpaired) electrons. The van der Waals surface area contributed by atoms with Crippen LogP contribution in [0.1, 0.15) is 18.3 Å². The summed E-state index contributed by atoms with van der Waals surface area (Å²) in [5.74, 6) is 0.832. The molecular formula is C15H25N3O2. The number of pyridine rings is 1. The summed E-state index contributed by atoms with van der Waals surface area (Å²) in [5.41, 5.74) is 7.56. The van der Waals surface area contributed by atoms with E-state index in [1.807, 2.05) is 19.1 Å². The maximum atomic E-state index is 5.91. The van der Waals surface area contributed by atoms with E-state index < -0.39 is 0 Å². The molecule has 0 aromatic carbocycles. The van der Waals surface area contributed by atoms with Crippen molar-refractivity contribution >= 4 is 0 Å². The minimum Gasteiger partial charge on any atom is -0.489 e. The Kier molecular flexibility index (Phi) is 5.76. The molecule has 2 N–H and O–H groups in total. The lowest BCUT2D eigenvalue weighted by Gasteiger charge is -2.31. The average Bonchev–Trinajstić information content (AvgIpc) is 2.47. The highest BCUT2D eigenvalue weighted by Crippen LogP contribution is 2.18. The van der Waals surface area contributed by atoms with Crippen LogP contribution in [0.3, 0.4) is 0 Å². The lowest BCUT2D eigenvalue weighted by Crippen LogP contribution is -2.44. The van der Waals surface area contributed by atoms with Crippen LogP contribution in [0.5, 0.6) is 5.75 Å². The maximum absolute atomic E-state index is 5.91. The normalized spacial score (nSPS) is 20.1. The van der Waals surface area contributed by atoms with Crippen LogP contribution >= 0.6 is 0 Å². The summed E-state index contributed by atoms with van der Waals surface area (Å²) in [6.45, 7) is 9.09. The van der Waals surface area contributed by atoms with E-state index in [0.717, 1.165) is 49.8 Å². The first-order chi connectivity index (χ1) is 9.72. The van der Waals surface area contributed by atoms with Crippen molar-refractivity contribution in [2.75, 3.05) is 39.4 Å². The van der Waals surface area contributed by atoms with Crippen LogP contribution in [-0.4, -0.2) is 55.4 Å². The predicted octanol–water partition coefficient (Wildman–Crippen LogP) is 0.991. The molecule has 0 spiro atoms. The second-order valence-electron chi connectivity index (χ2n) is 5.13. The number of nitrogens with zero attached hydrogens (tertiary/aromatic N) is 2. The molecule has 2 heterocycles. The van der Waals surface area contributed by atoms with Crippen LogP contribution in [0, 0.1) is 6.92 Å². The number of nitrogens with two attached hydrogens (primary N) is 1. The maximum Gasteiger partial charge on any atom is 0.140 e. The Hall–Kier alpha value is -1.17. The van der Waals surface area contributed by atoms with Crippen molar-refractivity contribution < 1.29 is 9.47 Å². The number of aromatic nitrogens is 1. The number of morpholine rings is 1. The van der Waals surface area contributed by atoms with Crippen molar-refractivity contribution in [1.82, 2.24) is 9.88 Å². The van der Waals surface area contributed by atoms with Crippen molar-refractivity contribution in [3.8, 4) is 5.75 Å². The molecule has 1 fully saturated rings. The minimum atomic E-state index is 0.135. The molecule has 5 nitrogen and oxygen atoms in total. The van der Waals surface area contributed by atoms with Crippen molar-refractivity contribution in [2.45, 2.75) is 26.4 Å². The van der Waals surface area contributed by atoms with Crippen molar-refractivity contribution in [3.63, 3.8) is 0 Å². The third-order valence-electron chi connectivity index (χ3n) is 3.55. The van der Waals surface area contributed by atoms with Gasteiger partial charge in [-0.15, -0.1) is 0 Å². The first-order valence-electron chi connectivity index (χ1n) is 7.36. The van der Waals surface area contributed by atoms with Crippen LogP contribution < -0.4 is 10.5 Å². The number of ether oxygens (including phenoxy) is 2. The van der Waals surface area contributed by atoms with Gasteiger partial charge in [0.25, 0.3) is 0 Å². The Bertz CT molecular complexity index is 426. The molecule has 112 valence electrons. The number of rotatable bonds is 6. The monoisotopic (exact) mass is 279 g/mol. The van der Waals surface area contributed by atoms with Crippen LogP contribution in [-0.2, 0) is 11.2 Å². The van der Waals surface area contributed by atoms with Gasteiger partial charge in [-0.3, -0.25) is 9.88 Å². The second-order valence-corrected chi connectivity index (χ2v) is 5.13. The summed E-state index contributed by atoms with van der Waals surface area (Å²) < 4.78 is 11.7. The molecule has 1 aromatic heterocycles. The van der Waals surface area contributed by atoms with Gasteiger partial charge in [0.1, 0.15) is 18.5 Å². The van der Waals surface area contributed by atoms with E-state index >= 15 is 0 Å². The van der Waals surface area contributed by atoms with Gasteiger partial charge in [0.05, 0.1) is 12.3 Å². The van der Waals surface area contributed by atoms with E-state index in [1.54, 1.807) is 0 Å². The van der Waals surface area contributed by atoms with E-state index in [-0.39, 0.29) is 6.10 Å². The SMILES string of the molecule is CCN1CCOC(COc2ccc(C)nc2CCN)C1. The zero-order valence-corrected chi connectivity index (χ0v) is 12.5. The minimum absolute atomic E-state index is 0.135. The van der Waals surface area contributed by atoms with Gasteiger partial charge in [0.15, 0.2) is 0 Å². The van der Waals surface area contributed by atoms with Gasteiger partial charge in [-0.1, -0.05) is 6.92 Å². The van der Waals surface area contributed by atoms with E-state index in [4.69, 9.17) is 15.2 Å². The molecule has 0 aliphatic carbocycles. The molecule has 1 atom stereocenters. The number of aryl methyl sites for hydroxylation is 1. The number of hydrogen-bond donors (Lipinski definition) is 1. The highest BCUT2D eigenvalue weighted by molar-refractivity contribution is 5.29. The van der Waals surface area contributed by atoms with Gasteiger partial charge in [-0.2, -0.15) is 0 Å². The third kappa shape index (κ3) is 4.16. The first-order valence-corrected chi connectivity index (χ1v) is 7.36. The molecule has 5 heteroatoms. The predicted molar refractivity (Wildman–Crippen MR) is 79.1 cm³/mol. The average molecular weight is 279 g/mol.